The van der Waals surface area contributed by atoms with E-state index in [1.54, 1.807) is 0 Å². The first-order valence-electron chi connectivity index (χ1n) is 6.07. The van der Waals surface area contributed by atoms with Crippen molar-refractivity contribution in [1.82, 2.24) is 0 Å². The number of nitrogens with zero attached hydrogens (tertiary/aromatic N) is 1. The van der Waals surface area contributed by atoms with Gasteiger partial charge in [0.05, 0.1) is 5.41 Å². The van der Waals surface area contributed by atoms with Gasteiger partial charge < -0.3 is 9.69 Å². The molecule has 0 spiro atoms. The van der Waals surface area contributed by atoms with E-state index in [1.165, 1.54) is 11.3 Å². The Hall–Kier alpha value is -1.31. The van der Waals surface area contributed by atoms with Crippen LogP contribution in [0.15, 0.2) is 24.3 Å². The van der Waals surface area contributed by atoms with Crippen LogP contribution in [-0.4, -0.2) is 19.4 Å². The number of carbonyl (C=O) groups excluding carboxylic acids is 1. The summed E-state index contributed by atoms with van der Waals surface area (Å²) in [6.45, 7) is 6.36. The average Bonchev–Trinajstić information content (AvgIpc) is 3.12. The molecular weight excluding hydrogens is 198 g/mol. The summed E-state index contributed by atoms with van der Waals surface area (Å²) in [6.07, 6.45) is 3.14. The fraction of sp³-hybridized carbons (Fsp3) is 0.500. The summed E-state index contributed by atoms with van der Waals surface area (Å²) >= 11 is 0. The van der Waals surface area contributed by atoms with E-state index in [0.717, 1.165) is 32.2 Å². The van der Waals surface area contributed by atoms with Crippen molar-refractivity contribution < 1.29 is 4.79 Å². The van der Waals surface area contributed by atoms with Crippen LogP contribution >= 0.6 is 0 Å². The molecule has 0 bridgehead atoms. The van der Waals surface area contributed by atoms with Crippen molar-refractivity contribution in [3.63, 3.8) is 0 Å². The molecular formula is C14H19NO. The van der Waals surface area contributed by atoms with Crippen molar-refractivity contribution in [2.45, 2.75) is 32.1 Å². The smallest absolute Gasteiger partial charge is 0.130 e. The predicted octanol–water partition coefficient (Wildman–Crippen LogP) is 2.76. The van der Waals surface area contributed by atoms with Crippen molar-refractivity contribution in [1.29, 1.82) is 0 Å². The number of anilines is 1. The Labute approximate surface area is 97.3 Å². The van der Waals surface area contributed by atoms with Crippen LogP contribution in [0, 0.1) is 0 Å². The van der Waals surface area contributed by atoms with Crippen LogP contribution in [-0.2, 0) is 10.2 Å². The molecule has 1 aliphatic carbocycles. The van der Waals surface area contributed by atoms with E-state index in [-0.39, 0.29) is 5.41 Å². The molecule has 86 valence electrons. The second-order valence-electron chi connectivity index (χ2n) is 4.49. The zero-order valence-electron chi connectivity index (χ0n) is 10.1. The summed E-state index contributed by atoms with van der Waals surface area (Å²) in [5.41, 5.74) is 2.29. The van der Waals surface area contributed by atoms with Crippen LogP contribution in [0.5, 0.6) is 0 Å². The predicted molar refractivity (Wildman–Crippen MR) is 67.0 cm³/mol. The molecule has 0 N–H and O–H groups in total. The summed E-state index contributed by atoms with van der Waals surface area (Å²) in [7, 11) is 0. The van der Waals surface area contributed by atoms with Crippen LogP contribution in [0.1, 0.15) is 32.3 Å². The maximum absolute atomic E-state index is 11.0. The Balaban J connectivity index is 2.19. The van der Waals surface area contributed by atoms with E-state index < -0.39 is 0 Å². The molecule has 0 aromatic heterocycles. The number of hydrogen-bond donors (Lipinski definition) is 0. The summed E-state index contributed by atoms with van der Waals surface area (Å²) in [4.78, 5) is 13.3. The molecule has 0 saturated heterocycles. The number of rotatable bonds is 5. The second-order valence-corrected chi connectivity index (χ2v) is 4.49. The Morgan fingerprint density at radius 2 is 1.75 bits per heavy atom. The lowest BCUT2D eigenvalue weighted by Crippen LogP contribution is -2.21. The largest absolute Gasteiger partial charge is 0.372 e. The van der Waals surface area contributed by atoms with Gasteiger partial charge in [0.1, 0.15) is 6.29 Å². The molecule has 1 saturated carbocycles. The zero-order chi connectivity index (χ0) is 11.6. The second kappa shape index (κ2) is 4.28. The summed E-state index contributed by atoms with van der Waals surface area (Å²) < 4.78 is 0. The minimum atomic E-state index is -0.137. The quantitative estimate of drug-likeness (QED) is 0.707. The molecule has 0 unspecified atom stereocenters. The molecule has 0 radical (unpaired) electrons. The third-order valence-corrected chi connectivity index (χ3v) is 3.59. The molecule has 1 aromatic carbocycles. The Morgan fingerprint density at radius 1 is 1.19 bits per heavy atom. The van der Waals surface area contributed by atoms with Crippen LogP contribution in [0.4, 0.5) is 5.69 Å². The summed E-state index contributed by atoms with van der Waals surface area (Å²) in [5, 5.41) is 0. The molecule has 0 aliphatic heterocycles. The highest BCUT2D eigenvalue weighted by atomic mass is 16.1. The van der Waals surface area contributed by atoms with Gasteiger partial charge in [-0.1, -0.05) is 12.1 Å². The standard InChI is InChI=1S/C14H19NO/c1-3-15(4-2)13-7-5-12(6-8-13)14(11-16)9-10-14/h5-8,11H,3-4,9-10H2,1-2H3. The van der Waals surface area contributed by atoms with Gasteiger partial charge in [0.2, 0.25) is 0 Å². The maximum atomic E-state index is 11.0. The molecule has 2 nitrogen and oxygen atoms in total. The van der Waals surface area contributed by atoms with Crippen molar-refractivity contribution in [2.75, 3.05) is 18.0 Å². The van der Waals surface area contributed by atoms with E-state index in [4.69, 9.17) is 0 Å². The van der Waals surface area contributed by atoms with Crippen LogP contribution in [0.2, 0.25) is 0 Å². The third kappa shape index (κ3) is 1.84. The van der Waals surface area contributed by atoms with E-state index in [1.807, 2.05) is 0 Å². The van der Waals surface area contributed by atoms with Crippen molar-refractivity contribution in [2.24, 2.45) is 0 Å². The van der Waals surface area contributed by atoms with Crippen molar-refractivity contribution in [3.05, 3.63) is 29.8 Å². The van der Waals surface area contributed by atoms with E-state index in [2.05, 4.69) is 43.0 Å². The molecule has 0 heterocycles. The van der Waals surface area contributed by atoms with Gasteiger partial charge in [0.25, 0.3) is 0 Å². The van der Waals surface area contributed by atoms with Gasteiger partial charge in [0, 0.05) is 18.8 Å². The topological polar surface area (TPSA) is 20.3 Å². The molecule has 1 fully saturated rings. The van der Waals surface area contributed by atoms with Crippen LogP contribution in [0.3, 0.4) is 0 Å². The first kappa shape index (κ1) is 11.2. The third-order valence-electron chi connectivity index (χ3n) is 3.59. The highest BCUT2D eigenvalue weighted by Crippen LogP contribution is 2.46. The van der Waals surface area contributed by atoms with Crippen molar-refractivity contribution in [3.8, 4) is 0 Å². The molecule has 2 rings (SSSR count). The molecule has 2 heteroatoms. The van der Waals surface area contributed by atoms with Crippen LogP contribution < -0.4 is 4.90 Å². The molecule has 0 amide bonds. The first-order chi connectivity index (χ1) is 7.75. The normalized spacial score (nSPS) is 16.9. The molecule has 1 aromatic rings. The van der Waals surface area contributed by atoms with E-state index in [9.17, 15) is 4.79 Å². The number of aldehydes is 1. The van der Waals surface area contributed by atoms with Gasteiger partial charge in [-0.2, -0.15) is 0 Å². The van der Waals surface area contributed by atoms with Gasteiger partial charge in [-0.05, 0) is 44.4 Å². The lowest BCUT2D eigenvalue weighted by Gasteiger charge is -2.21. The minimum absolute atomic E-state index is 0.137. The SMILES string of the molecule is CCN(CC)c1ccc(C2(C=O)CC2)cc1. The Bertz CT molecular complexity index is 361. The summed E-state index contributed by atoms with van der Waals surface area (Å²) in [6, 6.07) is 8.47. The van der Waals surface area contributed by atoms with Gasteiger partial charge >= 0.3 is 0 Å². The van der Waals surface area contributed by atoms with E-state index in [0.29, 0.717) is 0 Å². The zero-order valence-corrected chi connectivity index (χ0v) is 10.1. The minimum Gasteiger partial charge on any atom is -0.372 e. The first-order valence-corrected chi connectivity index (χ1v) is 6.07. The summed E-state index contributed by atoms with van der Waals surface area (Å²) in [5.74, 6) is 0. The fourth-order valence-corrected chi connectivity index (χ4v) is 2.20. The Morgan fingerprint density at radius 3 is 2.12 bits per heavy atom. The lowest BCUT2D eigenvalue weighted by molar-refractivity contribution is -0.109. The average molecular weight is 217 g/mol. The molecule has 0 atom stereocenters. The monoisotopic (exact) mass is 217 g/mol. The van der Waals surface area contributed by atoms with Gasteiger partial charge in [-0.25, -0.2) is 0 Å². The maximum Gasteiger partial charge on any atom is 0.130 e. The van der Waals surface area contributed by atoms with Gasteiger partial charge in [-0.3, -0.25) is 0 Å². The highest BCUT2D eigenvalue weighted by molar-refractivity contribution is 5.73. The number of hydrogen-bond acceptors (Lipinski definition) is 2. The van der Waals surface area contributed by atoms with E-state index >= 15 is 0 Å². The number of benzene rings is 1. The van der Waals surface area contributed by atoms with Crippen LogP contribution in [0.25, 0.3) is 0 Å². The van der Waals surface area contributed by atoms with Gasteiger partial charge in [-0.15, -0.1) is 0 Å². The molecule has 16 heavy (non-hydrogen) atoms. The lowest BCUT2D eigenvalue weighted by atomic mass is 9.97. The number of carbonyl (C=O) groups is 1. The fourth-order valence-electron chi connectivity index (χ4n) is 2.20. The van der Waals surface area contributed by atoms with Crippen molar-refractivity contribution >= 4 is 12.0 Å². The molecule has 1 aliphatic rings. The van der Waals surface area contributed by atoms with Gasteiger partial charge in [0.15, 0.2) is 0 Å². The highest BCUT2D eigenvalue weighted by Gasteiger charge is 2.44. The Kier molecular flexibility index (Phi) is 2.99.